The minimum atomic E-state index is 0.334. The molecular weight excluding hydrogens is 260 g/mol. The Labute approximate surface area is 133 Å². The molecule has 0 heterocycles. The van der Waals surface area contributed by atoms with Crippen molar-refractivity contribution < 1.29 is 10.2 Å². The molecule has 0 bridgehead atoms. The van der Waals surface area contributed by atoms with Crippen LogP contribution in [0.2, 0.25) is 0 Å². The van der Waals surface area contributed by atoms with Gasteiger partial charge < -0.3 is 10.2 Å². The average molecular weight is 301 g/mol. The third-order valence-electron chi connectivity index (χ3n) is 4.80. The lowest BCUT2D eigenvalue weighted by atomic mass is 9.91. The predicted molar refractivity (Wildman–Crippen MR) is 92.4 cm³/mol. The van der Waals surface area contributed by atoms with Crippen LogP contribution in [0.15, 0.2) is 0 Å². The Balaban J connectivity index is 3.46. The Hall–Kier alpha value is -0.0800. The maximum atomic E-state index is 9.01. The fraction of sp³-hybridized carbons (Fsp3) is 1.00. The maximum absolute atomic E-state index is 9.01. The Morgan fingerprint density at radius 3 is 0.952 bits per heavy atom. The molecule has 0 amide bonds. The summed E-state index contributed by atoms with van der Waals surface area (Å²) in [4.78, 5) is 0. The number of hydrogen-bond donors (Lipinski definition) is 2. The molecule has 0 saturated heterocycles. The van der Waals surface area contributed by atoms with Crippen LogP contribution >= 0.6 is 0 Å². The molecule has 0 spiro atoms. The van der Waals surface area contributed by atoms with Gasteiger partial charge in [0.05, 0.1) is 0 Å². The van der Waals surface area contributed by atoms with Crippen molar-refractivity contribution in [3.63, 3.8) is 0 Å². The van der Waals surface area contributed by atoms with Gasteiger partial charge in [-0.3, -0.25) is 0 Å². The van der Waals surface area contributed by atoms with E-state index in [9.17, 15) is 0 Å². The normalized spacial score (nSPS) is 17.4. The molecular formula is C19H40O2. The summed E-state index contributed by atoms with van der Waals surface area (Å²) in [6, 6.07) is 0. The first-order valence-electron chi connectivity index (χ1n) is 9.21. The van der Waals surface area contributed by atoms with Gasteiger partial charge in [-0.1, -0.05) is 72.6 Å². The second-order valence-corrected chi connectivity index (χ2v) is 7.58. The SMILES string of the molecule is CC(CO)CCCC(C)CCCC(C)CCCC(C)CO. The van der Waals surface area contributed by atoms with Crippen LogP contribution in [0, 0.1) is 23.7 Å². The molecule has 2 N–H and O–H groups in total. The van der Waals surface area contributed by atoms with E-state index in [-0.39, 0.29) is 0 Å². The molecule has 0 aromatic carbocycles. The lowest BCUT2D eigenvalue weighted by Gasteiger charge is -2.16. The van der Waals surface area contributed by atoms with E-state index in [1.165, 1.54) is 57.8 Å². The third kappa shape index (κ3) is 13.3. The highest BCUT2D eigenvalue weighted by atomic mass is 16.3. The number of hydrogen-bond acceptors (Lipinski definition) is 2. The van der Waals surface area contributed by atoms with Crippen LogP contribution in [0.4, 0.5) is 0 Å². The van der Waals surface area contributed by atoms with Gasteiger partial charge >= 0.3 is 0 Å². The highest BCUT2D eigenvalue weighted by Crippen LogP contribution is 2.22. The Kier molecular flexibility index (Phi) is 13.5. The lowest BCUT2D eigenvalue weighted by molar-refractivity contribution is 0.224. The molecule has 0 aromatic rings. The highest BCUT2D eigenvalue weighted by Gasteiger charge is 2.08. The van der Waals surface area contributed by atoms with Crippen molar-refractivity contribution in [2.45, 2.75) is 85.5 Å². The van der Waals surface area contributed by atoms with Gasteiger partial charge in [-0.2, -0.15) is 0 Å². The minimum absolute atomic E-state index is 0.334. The quantitative estimate of drug-likeness (QED) is 0.472. The third-order valence-corrected chi connectivity index (χ3v) is 4.80. The molecule has 0 radical (unpaired) electrons. The summed E-state index contributed by atoms with van der Waals surface area (Å²) in [5.41, 5.74) is 0. The van der Waals surface area contributed by atoms with Gasteiger partial charge in [0.2, 0.25) is 0 Å². The van der Waals surface area contributed by atoms with Gasteiger partial charge in [0.15, 0.2) is 0 Å². The van der Waals surface area contributed by atoms with E-state index >= 15 is 0 Å². The molecule has 4 unspecified atom stereocenters. The van der Waals surface area contributed by atoms with Crippen molar-refractivity contribution in [1.82, 2.24) is 0 Å². The van der Waals surface area contributed by atoms with Crippen molar-refractivity contribution in [2.75, 3.05) is 13.2 Å². The maximum Gasteiger partial charge on any atom is 0.0456 e. The summed E-state index contributed by atoms with van der Waals surface area (Å²) in [6.07, 6.45) is 11.5. The Morgan fingerprint density at radius 1 is 0.476 bits per heavy atom. The molecule has 0 aromatic heterocycles. The summed E-state index contributed by atoms with van der Waals surface area (Å²) in [6.45, 7) is 9.67. The van der Waals surface area contributed by atoms with Crippen molar-refractivity contribution in [3.8, 4) is 0 Å². The minimum Gasteiger partial charge on any atom is -0.396 e. The second kappa shape index (κ2) is 13.6. The van der Waals surface area contributed by atoms with E-state index in [1.54, 1.807) is 0 Å². The zero-order valence-corrected chi connectivity index (χ0v) is 15.0. The lowest BCUT2D eigenvalue weighted by Crippen LogP contribution is -2.04. The molecule has 21 heavy (non-hydrogen) atoms. The molecule has 0 fully saturated rings. The zero-order chi connectivity index (χ0) is 16.1. The summed E-state index contributed by atoms with van der Waals surface area (Å²) in [5, 5.41) is 18.0. The second-order valence-electron chi connectivity index (χ2n) is 7.58. The van der Waals surface area contributed by atoms with Gasteiger partial charge in [0.25, 0.3) is 0 Å². The fourth-order valence-electron chi connectivity index (χ4n) is 2.92. The summed E-state index contributed by atoms with van der Waals surface area (Å²) in [7, 11) is 0. The van der Waals surface area contributed by atoms with Crippen molar-refractivity contribution in [3.05, 3.63) is 0 Å². The molecule has 0 aliphatic rings. The van der Waals surface area contributed by atoms with E-state index in [0.717, 1.165) is 11.8 Å². The van der Waals surface area contributed by atoms with Crippen LogP contribution in [0.1, 0.15) is 85.5 Å². The molecule has 0 aliphatic carbocycles. The molecule has 0 aliphatic heterocycles. The smallest absolute Gasteiger partial charge is 0.0456 e. The topological polar surface area (TPSA) is 40.5 Å². The summed E-state index contributed by atoms with van der Waals surface area (Å²) in [5.74, 6) is 2.60. The average Bonchev–Trinajstić information content (AvgIpc) is 2.46. The van der Waals surface area contributed by atoms with Crippen LogP contribution in [0.5, 0.6) is 0 Å². The molecule has 0 rings (SSSR count). The molecule has 128 valence electrons. The molecule has 0 saturated carbocycles. The highest BCUT2D eigenvalue weighted by molar-refractivity contribution is 4.61. The van der Waals surface area contributed by atoms with Crippen LogP contribution in [0.25, 0.3) is 0 Å². The summed E-state index contributed by atoms with van der Waals surface area (Å²) >= 11 is 0. The van der Waals surface area contributed by atoms with Gasteiger partial charge in [-0.05, 0) is 36.5 Å². The Bertz CT molecular complexity index is 196. The largest absolute Gasteiger partial charge is 0.396 e. The zero-order valence-electron chi connectivity index (χ0n) is 15.0. The Morgan fingerprint density at radius 2 is 0.714 bits per heavy atom. The van der Waals surface area contributed by atoms with E-state index in [2.05, 4.69) is 27.7 Å². The van der Waals surface area contributed by atoms with Crippen LogP contribution in [0.3, 0.4) is 0 Å². The first-order valence-corrected chi connectivity index (χ1v) is 9.21. The van der Waals surface area contributed by atoms with Gasteiger partial charge in [0.1, 0.15) is 0 Å². The monoisotopic (exact) mass is 300 g/mol. The molecule has 4 atom stereocenters. The van der Waals surface area contributed by atoms with Crippen LogP contribution in [-0.2, 0) is 0 Å². The molecule has 2 nitrogen and oxygen atoms in total. The van der Waals surface area contributed by atoms with E-state index in [1.807, 2.05) is 0 Å². The van der Waals surface area contributed by atoms with E-state index in [0.29, 0.717) is 25.0 Å². The number of rotatable bonds is 14. The predicted octanol–water partition coefficient (Wildman–Crippen LogP) is 5.03. The first kappa shape index (κ1) is 20.9. The van der Waals surface area contributed by atoms with E-state index in [4.69, 9.17) is 10.2 Å². The van der Waals surface area contributed by atoms with Gasteiger partial charge in [-0.25, -0.2) is 0 Å². The molecule has 2 heteroatoms. The standard InChI is InChI=1S/C19H40O2/c1-16(10-6-12-18(3)14-20)8-5-9-17(2)11-7-13-19(4)15-21/h16-21H,5-15H2,1-4H3. The van der Waals surface area contributed by atoms with Crippen molar-refractivity contribution >= 4 is 0 Å². The first-order chi connectivity index (χ1) is 9.99. The van der Waals surface area contributed by atoms with Crippen molar-refractivity contribution in [1.29, 1.82) is 0 Å². The van der Waals surface area contributed by atoms with Gasteiger partial charge in [0, 0.05) is 13.2 Å². The van der Waals surface area contributed by atoms with Crippen LogP contribution < -0.4 is 0 Å². The van der Waals surface area contributed by atoms with Crippen LogP contribution in [-0.4, -0.2) is 23.4 Å². The van der Waals surface area contributed by atoms with Gasteiger partial charge in [-0.15, -0.1) is 0 Å². The fourth-order valence-corrected chi connectivity index (χ4v) is 2.92. The number of aliphatic hydroxyl groups is 2. The van der Waals surface area contributed by atoms with Crippen molar-refractivity contribution in [2.24, 2.45) is 23.7 Å². The summed E-state index contributed by atoms with van der Waals surface area (Å²) < 4.78 is 0. The number of aliphatic hydroxyl groups excluding tert-OH is 2. The van der Waals surface area contributed by atoms with E-state index < -0.39 is 0 Å².